The van der Waals surface area contributed by atoms with Gasteiger partial charge in [0.05, 0.1) is 14.2 Å². The summed E-state index contributed by atoms with van der Waals surface area (Å²) in [5, 5.41) is 9.84. The van der Waals surface area contributed by atoms with Crippen LogP contribution in [0.3, 0.4) is 0 Å². The molecule has 0 aliphatic rings. The Morgan fingerprint density at radius 3 is 2.59 bits per heavy atom. The fraction of sp³-hybridized carbons (Fsp3) is 0.211. The first-order chi connectivity index (χ1) is 13.2. The molecule has 8 heteroatoms. The van der Waals surface area contributed by atoms with Crippen LogP contribution in [0.2, 0.25) is 0 Å². The number of carbonyl (C=O) groups excluding carboxylic acids is 1. The lowest BCUT2D eigenvalue weighted by Gasteiger charge is -2.12. The zero-order valence-corrected chi connectivity index (χ0v) is 15.2. The van der Waals surface area contributed by atoms with Crippen LogP contribution in [-0.4, -0.2) is 35.0 Å². The maximum absolute atomic E-state index is 12.1. The normalized spacial score (nSPS) is 10.3. The molecule has 0 fully saturated rings. The van der Waals surface area contributed by atoms with Crippen LogP contribution in [0.1, 0.15) is 11.1 Å². The summed E-state index contributed by atoms with van der Waals surface area (Å²) in [7, 11) is 3.16. The van der Waals surface area contributed by atoms with E-state index in [9.17, 15) is 4.79 Å². The van der Waals surface area contributed by atoms with E-state index in [1.807, 2.05) is 36.5 Å². The highest BCUT2D eigenvalue weighted by atomic mass is 16.5. The minimum Gasteiger partial charge on any atom is -0.493 e. The van der Waals surface area contributed by atoms with Gasteiger partial charge in [0, 0.05) is 37.2 Å². The lowest BCUT2D eigenvalue weighted by molar-refractivity contribution is 0.240. The van der Waals surface area contributed by atoms with Gasteiger partial charge in [-0.15, -0.1) is 0 Å². The molecule has 0 saturated carbocycles. The number of nitrogens with zero attached hydrogens (tertiary/aromatic N) is 3. The Kier molecular flexibility index (Phi) is 5.88. The van der Waals surface area contributed by atoms with Gasteiger partial charge in [-0.1, -0.05) is 12.1 Å². The van der Waals surface area contributed by atoms with Crippen LogP contribution >= 0.6 is 0 Å². The van der Waals surface area contributed by atoms with Crippen molar-refractivity contribution in [2.75, 3.05) is 14.2 Å². The lowest BCUT2D eigenvalue weighted by Crippen LogP contribution is -2.34. The number of urea groups is 1. The summed E-state index contributed by atoms with van der Waals surface area (Å²) in [6.07, 6.45) is 5.18. The van der Waals surface area contributed by atoms with Crippen LogP contribution in [0.5, 0.6) is 11.5 Å². The Balaban J connectivity index is 1.57. The number of hydrogen-bond donors (Lipinski definition) is 2. The van der Waals surface area contributed by atoms with Gasteiger partial charge in [0.25, 0.3) is 0 Å². The predicted octanol–water partition coefficient (Wildman–Crippen LogP) is 2.28. The van der Waals surface area contributed by atoms with E-state index in [4.69, 9.17) is 9.47 Å². The van der Waals surface area contributed by atoms with Crippen LogP contribution in [-0.2, 0) is 13.1 Å². The fourth-order valence-electron chi connectivity index (χ4n) is 2.58. The van der Waals surface area contributed by atoms with E-state index < -0.39 is 0 Å². The van der Waals surface area contributed by atoms with Crippen molar-refractivity contribution in [3.8, 4) is 17.3 Å². The summed E-state index contributed by atoms with van der Waals surface area (Å²) >= 11 is 0. The number of benzene rings is 1. The second-order valence-corrected chi connectivity index (χ2v) is 5.66. The third-order valence-electron chi connectivity index (χ3n) is 3.93. The molecule has 140 valence electrons. The topological polar surface area (TPSA) is 90.3 Å². The maximum Gasteiger partial charge on any atom is 0.315 e. The summed E-state index contributed by atoms with van der Waals surface area (Å²) in [6, 6.07) is 10.8. The molecule has 0 bridgehead atoms. The molecule has 0 spiro atoms. The Labute approximate surface area is 157 Å². The molecule has 2 aromatic heterocycles. The molecule has 0 aliphatic carbocycles. The minimum atomic E-state index is -0.278. The summed E-state index contributed by atoms with van der Waals surface area (Å²) in [4.78, 5) is 16.5. The molecule has 3 rings (SSSR count). The second kappa shape index (κ2) is 8.70. The van der Waals surface area contributed by atoms with Crippen molar-refractivity contribution in [3.63, 3.8) is 0 Å². The first-order valence-corrected chi connectivity index (χ1v) is 8.37. The number of pyridine rings is 1. The zero-order chi connectivity index (χ0) is 19.1. The number of ether oxygens (including phenoxy) is 2. The predicted molar refractivity (Wildman–Crippen MR) is 100.0 cm³/mol. The monoisotopic (exact) mass is 367 g/mol. The van der Waals surface area contributed by atoms with Crippen molar-refractivity contribution >= 4 is 6.03 Å². The first kappa shape index (κ1) is 18.2. The van der Waals surface area contributed by atoms with Gasteiger partial charge in [0.1, 0.15) is 0 Å². The molecule has 2 amide bonds. The molecule has 2 N–H and O–H groups in total. The minimum absolute atomic E-state index is 0.278. The summed E-state index contributed by atoms with van der Waals surface area (Å²) < 4.78 is 12.1. The first-order valence-electron chi connectivity index (χ1n) is 8.37. The zero-order valence-electron chi connectivity index (χ0n) is 15.2. The Hall–Kier alpha value is -3.55. The van der Waals surface area contributed by atoms with E-state index in [1.54, 1.807) is 37.4 Å². The molecule has 1 aromatic carbocycles. The average Bonchev–Trinajstić information content (AvgIpc) is 3.25. The van der Waals surface area contributed by atoms with E-state index >= 15 is 0 Å². The molecule has 0 atom stereocenters. The third-order valence-corrected chi connectivity index (χ3v) is 3.93. The largest absolute Gasteiger partial charge is 0.493 e. The van der Waals surface area contributed by atoms with Crippen molar-refractivity contribution < 1.29 is 14.3 Å². The van der Waals surface area contributed by atoms with Crippen molar-refractivity contribution in [2.24, 2.45) is 0 Å². The van der Waals surface area contributed by atoms with E-state index in [1.165, 1.54) is 0 Å². The third kappa shape index (κ3) is 4.55. The molecule has 2 heterocycles. The SMILES string of the molecule is COc1ccc(CNC(=O)NCc2cccnc2-n2cccn2)cc1OC. The van der Waals surface area contributed by atoms with Crippen molar-refractivity contribution in [2.45, 2.75) is 13.1 Å². The number of hydrogen-bond acceptors (Lipinski definition) is 5. The molecule has 27 heavy (non-hydrogen) atoms. The molecule has 0 saturated heterocycles. The van der Waals surface area contributed by atoms with Gasteiger partial charge in [-0.25, -0.2) is 14.5 Å². The van der Waals surface area contributed by atoms with Crippen LogP contribution < -0.4 is 20.1 Å². The Morgan fingerprint density at radius 2 is 1.85 bits per heavy atom. The molecule has 0 aliphatic heterocycles. The smallest absolute Gasteiger partial charge is 0.315 e. The van der Waals surface area contributed by atoms with E-state index in [2.05, 4.69) is 20.7 Å². The number of amides is 2. The number of rotatable bonds is 7. The van der Waals surface area contributed by atoms with Crippen LogP contribution in [0, 0.1) is 0 Å². The van der Waals surface area contributed by atoms with Crippen molar-refractivity contribution in [1.82, 2.24) is 25.4 Å². The number of aromatic nitrogens is 3. The lowest BCUT2D eigenvalue weighted by atomic mass is 10.2. The Bertz CT molecular complexity index is 896. The Morgan fingerprint density at radius 1 is 1.04 bits per heavy atom. The van der Waals surface area contributed by atoms with E-state index in [0.29, 0.717) is 30.4 Å². The second-order valence-electron chi connectivity index (χ2n) is 5.66. The van der Waals surface area contributed by atoms with Gasteiger partial charge >= 0.3 is 6.03 Å². The van der Waals surface area contributed by atoms with Gasteiger partial charge in [-0.3, -0.25) is 0 Å². The standard InChI is InChI=1S/C19H21N5O3/c1-26-16-7-6-14(11-17(16)27-2)12-21-19(25)22-13-15-5-3-8-20-18(15)24-10-4-9-23-24/h3-11H,12-13H2,1-2H3,(H2,21,22,25). The molecular weight excluding hydrogens is 346 g/mol. The summed E-state index contributed by atoms with van der Waals surface area (Å²) in [6.45, 7) is 0.700. The summed E-state index contributed by atoms with van der Waals surface area (Å²) in [5.74, 6) is 1.95. The maximum atomic E-state index is 12.1. The summed E-state index contributed by atoms with van der Waals surface area (Å²) in [5.41, 5.74) is 1.77. The van der Waals surface area contributed by atoms with Gasteiger partial charge in [0.2, 0.25) is 0 Å². The highest BCUT2D eigenvalue weighted by Crippen LogP contribution is 2.27. The van der Waals surface area contributed by atoms with Gasteiger partial charge in [-0.05, 0) is 29.8 Å². The van der Waals surface area contributed by atoms with Crippen LogP contribution in [0.4, 0.5) is 4.79 Å². The van der Waals surface area contributed by atoms with Gasteiger partial charge in [-0.2, -0.15) is 5.10 Å². The molecular formula is C19H21N5O3. The number of carbonyl (C=O) groups is 1. The van der Waals surface area contributed by atoms with Crippen molar-refractivity contribution in [3.05, 3.63) is 66.1 Å². The molecule has 0 unspecified atom stereocenters. The van der Waals surface area contributed by atoms with E-state index in [-0.39, 0.29) is 6.03 Å². The van der Waals surface area contributed by atoms with Gasteiger partial charge in [0.15, 0.2) is 17.3 Å². The van der Waals surface area contributed by atoms with Crippen LogP contribution in [0.15, 0.2) is 55.0 Å². The van der Waals surface area contributed by atoms with E-state index in [0.717, 1.165) is 11.1 Å². The average molecular weight is 367 g/mol. The molecule has 8 nitrogen and oxygen atoms in total. The highest BCUT2D eigenvalue weighted by molar-refractivity contribution is 5.74. The highest BCUT2D eigenvalue weighted by Gasteiger charge is 2.09. The quantitative estimate of drug-likeness (QED) is 0.669. The van der Waals surface area contributed by atoms with Crippen molar-refractivity contribution in [1.29, 1.82) is 0 Å². The number of methoxy groups -OCH3 is 2. The van der Waals surface area contributed by atoms with Gasteiger partial charge < -0.3 is 20.1 Å². The number of nitrogens with one attached hydrogen (secondary N) is 2. The molecule has 3 aromatic rings. The fourth-order valence-corrected chi connectivity index (χ4v) is 2.58. The molecule has 0 radical (unpaired) electrons. The van der Waals surface area contributed by atoms with Crippen LogP contribution in [0.25, 0.3) is 5.82 Å².